The van der Waals surface area contributed by atoms with E-state index in [9.17, 15) is 9.18 Å². The number of likely N-dealkylation sites (N-methyl/N-ethyl adjacent to an activating group) is 1. The van der Waals surface area contributed by atoms with Crippen LogP contribution in [-0.4, -0.2) is 69.2 Å². The van der Waals surface area contributed by atoms with Gasteiger partial charge in [-0.05, 0) is 56.8 Å². The van der Waals surface area contributed by atoms with Gasteiger partial charge >= 0.3 is 0 Å². The van der Waals surface area contributed by atoms with E-state index in [1.807, 2.05) is 11.9 Å². The van der Waals surface area contributed by atoms with Crippen molar-refractivity contribution in [1.29, 1.82) is 0 Å². The highest BCUT2D eigenvalue weighted by Crippen LogP contribution is 2.37. The number of nitrogens with zero attached hydrogens (tertiary/aromatic N) is 6. The fourth-order valence-electron chi connectivity index (χ4n) is 4.99. The Kier molecular flexibility index (Phi) is 7.71. The van der Waals surface area contributed by atoms with E-state index in [4.69, 9.17) is 14.2 Å². The fourth-order valence-corrected chi connectivity index (χ4v) is 4.99. The zero-order valence-electron chi connectivity index (χ0n) is 23.7. The molecule has 43 heavy (non-hydrogen) atoms. The van der Waals surface area contributed by atoms with Crippen molar-refractivity contribution in [2.75, 3.05) is 38.4 Å². The molecule has 1 atom stereocenters. The van der Waals surface area contributed by atoms with Crippen molar-refractivity contribution in [2.24, 2.45) is 0 Å². The Morgan fingerprint density at radius 2 is 1.81 bits per heavy atom. The molecule has 3 aromatic heterocycles. The van der Waals surface area contributed by atoms with Gasteiger partial charge in [-0.25, -0.2) is 23.9 Å². The molecule has 1 aliphatic rings. The van der Waals surface area contributed by atoms with Gasteiger partial charge in [0.1, 0.15) is 41.5 Å². The quantitative estimate of drug-likeness (QED) is 0.226. The van der Waals surface area contributed by atoms with Gasteiger partial charge in [-0.15, -0.1) is 0 Å². The normalized spacial score (nSPS) is 15.5. The number of methoxy groups -OCH3 is 2. The van der Waals surface area contributed by atoms with Crippen molar-refractivity contribution >= 4 is 39.6 Å². The van der Waals surface area contributed by atoms with Crippen molar-refractivity contribution in [1.82, 2.24) is 29.5 Å². The minimum absolute atomic E-state index is 0.113. The maximum atomic E-state index is 14.8. The molecule has 0 spiro atoms. The minimum atomic E-state index is -0.857. The Morgan fingerprint density at radius 1 is 1.00 bits per heavy atom. The molecule has 1 aliphatic heterocycles. The number of hydrogen-bond acceptors (Lipinski definition) is 10. The molecule has 0 aliphatic carbocycles. The van der Waals surface area contributed by atoms with Crippen LogP contribution >= 0.6 is 0 Å². The molecule has 1 saturated heterocycles. The Morgan fingerprint density at radius 3 is 2.60 bits per heavy atom. The number of halogens is 1. The molecular weight excluding hydrogens is 555 g/mol. The van der Waals surface area contributed by atoms with Gasteiger partial charge in [0.05, 0.1) is 31.1 Å². The number of amides is 1. The summed E-state index contributed by atoms with van der Waals surface area (Å²) in [7, 11) is 4.93. The van der Waals surface area contributed by atoms with Gasteiger partial charge < -0.3 is 24.8 Å². The Bertz CT molecular complexity index is 1840. The van der Waals surface area contributed by atoms with Crippen LogP contribution in [0, 0.1) is 0 Å². The Hall–Kier alpha value is -5.30. The first-order chi connectivity index (χ1) is 20.9. The summed E-state index contributed by atoms with van der Waals surface area (Å²) in [5, 5.41) is 10.6. The first kappa shape index (κ1) is 27.8. The lowest BCUT2D eigenvalue weighted by atomic mass is 10.1. The number of nitrogens with one attached hydrogen (secondary N) is 2. The highest BCUT2D eigenvalue weighted by atomic mass is 19.1. The van der Waals surface area contributed by atoms with Crippen molar-refractivity contribution in [2.45, 2.75) is 18.9 Å². The monoisotopic (exact) mass is 584 g/mol. The number of pyridine rings is 1. The number of ether oxygens (including phenoxy) is 3. The SMILES string of the molecule is COc1cc2ncnc(Nc3ccc(Oc4ccn5ncnc5c4)cc3OC)c2cc1NC(=O)C(F)=CC1CCCN1C. The van der Waals surface area contributed by atoms with Crippen LogP contribution in [0.4, 0.5) is 21.6 Å². The van der Waals surface area contributed by atoms with Gasteiger partial charge in [0.25, 0.3) is 5.91 Å². The lowest BCUT2D eigenvalue weighted by molar-refractivity contribution is -0.114. The summed E-state index contributed by atoms with van der Waals surface area (Å²) >= 11 is 0. The van der Waals surface area contributed by atoms with Crippen molar-refractivity contribution in [3.8, 4) is 23.0 Å². The van der Waals surface area contributed by atoms with Crippen LogP contribution in [0.15, 0.2) is 73.2 Å². The van der Waals surface area contributed by atoms with E-state index in [2.05, 4.69) is 30.7 Å². The summed E-state index contributed by atoms with van der Waals surface area (Å²) in [4.78, 5) is 27.7. The van der Waals surface area contributed by atoms with Crippen LogP contribution in [0.3, 0.4) is 0 Å². The second-order valence-electron chi connectivity index (χ2n) is 9.97. The number of benzene rings is 2. The number of anilines is 3. The smallest absolute Gasteiger partial charge is 0.284 e. The predicted molar refractivity (Wildman–Crippen MR) is 159 cm³/mol. The van der Waals surface area contributed by atoms with Crippen molar-refractivity contribution < 1.29 is 23.4 Å². The van der Waals surface area contributed by atoms with E-state index in [1.54, 1.807) is 60.3 Å². The van der Waals surface area contributed by atoms with Gasteiger partial charge in [0.15, 0.2) is 11.5 Å². The average molecular weight is 585 g/mol. The van der Waals surface area contributed by atoms with Crippen LogP contribution in [0.5, 0.6) is 23.0 Å². The second-order valence-corrected chi connectivity index (χ2v) is 9.97. The number of hydrogen-bond donors (Lipinski definition) is 2. The Balaban J connectivity index is 1.26. The molecule has 13 heteroatoms. The fraction of sp³-hybridized carbons (Fsp3) is 0.233. The second kappa shape index (κ2) is 11.9. The topological polar surface area (TPSA) is 128 Å². The number of carbonyl (C=O) groups excluding carboxylic acids is 1. The third-order valence-electron chi connectivity index (χ3n) is 7.25. The average Bonchev–Trinajstić information content (AvgIpc) is 3.65. The summed E-state index contributed by atoms with van der Waals surface area (Å²) in [5.41, 5.74) is 2.10. The molecule has 1 fully saturated rings. The Labute approximate surface area is 246 Å². The maximum Gasteiger partial charge on any atom is 0.284 e. The predicted octanol–water partition coefficient (Wildman–Crippen LogP) is 5.11. The zero-order chi connectivity index (χ0) is 29.9. The van der Waals surface area contributed by atoms with Crippen LogP contribution in [0.25, 0.3) is 16.6 Å². The molecule has 2 aromatic carbocycles. The molecule has 4 heterocycles. The molecule has 220 valence electrons. The lowest BCUT2D eigenvalue weighted by Gasteiger charge is -2.16. The number of fused-ring (bicyclic) bond motifs is 2. The van der Waals surface area contributed by atoms with Gasteiger partial charge in [-0.3, -0.25) is 9.69 Å². The highest BCUT2D eigenvalue weighted by molar-refractivity contribution is 6.05. The molecule has 5 aromatic rings. The van der Waals surface area contributed by atoms with E-state index in [0.29, 0.717) is 51.1 Å². The molecule has 2 N–H and O–H groups in total. The summed E-state index contributed by atoms with van der Waals surface area (Å²) in [6.07, 6.45) is 7.76. The number of rotatable bonds is 9. The largest absolute Gasteiger partial charge is 0.494 e. The molecular formula is C30H29FN8O4. The molecule has 1 amide bonds. The van der Waals surface area contributed by atoms with Crippen LogP contribution < -0.4 is 24.8 Å². The third kappa shape index (κ3) is 5.88. The number of likely N-dealkylation sites (tertiary alicyclic amines) is 1. The van der Waals surface area contributed by atoms with E-state index in [0.717, 1.165) is 19.4 Å². The van der Waals surface area contributed by atoms with Gasteiger partial charge in [0.2, 0.25) is 0 Å². The summed E-state index contributed by atoms with van der Waals surface area (Å²) < 4.78 is 33.6. The van der Waals surface area contributed by atoms with Crippen LogP contribution in [0.2, 0.25) is 0 Å². The van der Waals surface area contributed by atoms with Crippen LogP contribution in [0.1, 0.15) is 12.8 Å². The zero-order valence-corrected chi connectivity index (χ0v) is 23.7. The number of aromatic nitrogens is 5. The van der Waals surface area contributed by atoms with Gasteiger partial charge in [-0.2, -0.15) is 5.10 Å². The first-order valence-corrected chi connectivity index (χ1v) is 13.6. The molecule has 6 rings (SSSR count). The first-order valence-electron chi connectivity index (χ1n) is 13.6. The lowest BCUT2D eigenvalue weighted by Crippen LogP contribution is -2.24. The highest BCUT2D eigenvalue weighted by Gasteiger charge is 2.22. The molecule has 1 unspecified atom stereocenters. The maximum absolute atomic E-state index is 14.8. The van der Waals surface area contributed by atoms with Crippen LogP contribution in [-0.2, 0) is 4.79 Å². The van der Waals surface area contributed by atoms with E-state index in [-0.39, 0.29) is 11.7 Å². The third-order valence-corrected chi connectivity index (χ3v) is 7.25. The van der Waals surface area contributed by atoms with Gasteiger partial charge in [0, 0.05) is 35.8 Å². The summed E-state index contributed by atoms with van der Waals surface area (Å²) in [5.74, 6) is 0.707. The molecule has 12 nitrogen and oxygen atoms in total. The van der Waals surface area contributed by atoms with Gasteiger partial charge in [-0.1, -0.05) is 0 Å². The summed E-state index contributed by atoms with van der Waals surface area (Å²) in [6.45, 7) is 0.866. The molecule has 0 radical (unpaired) electrons. The van der Waals surface area contributed by atoms with Crippen molar-refractivity contribution in [3.05, 3.63) is 73.2 Å². The molecule has 0 bridgehead atoms. The number of carbonyl (C=O) groups is 1. The van der Waals surface area contributed by atoms with E-state index >= 15 is 0 Å². The summed E-state index contributed by atoms with van der Waals surface area (Å²) in [6, 6.07) is 12.1. The standard InChI is InChI=1S/C30H29FN8O4/c1-38-9-4-5-18(38)11-22(31)30(40)37-25-14-21-24(15-27(25)42-3)32-16-34-29(21)36-23-7-6-19(12-26(23)41-2)43-20-8-10-39-28(13-20)33-17-35-39/h6-8,10-18H,4-5,9H2,1-3H3,(H,37,40)(H,32,34,36). The van der Waals surface area contributed by atoms with Crippen molar-refractivity contribution in [3.63, 3.8) is 0 Å². The minimum Gasteiger partial charge on any atom is -0.494 e. The van der Waals surface area contributed by atoms with E-state index < -0.39 is 11.7 Å². The van der Waals surface area contributed by atoms with E-state index in [1.165, 1.54) is 25.8 Å². The molecule has 0 saturated carbocycles.